The highest BCUT2D eigenvalue weighted by Crippen LogP contribution is 2.26. The number of aliphatic hydroxyl groups excluding tert-OH is 1. The van der Waals surface area contributed by atoms with E-state index in [1.807, 2.05) is 0 Å². The highest BCUT2D eigenvalue weighted by atomic mass is 32.2. The summed E-state index contributed by atoms with van der Waals surface area (Å²) in [5, 5.41) is 9.19. The van der Waals surface area contributed by atoms with Crippen molar-refractivity contribution in [2.75, 3.05) is 19.7 Å². The van der Waals surface area contributed by atoms with Gasteiger partial charge in [0.25, 0.3) is 0 Å². The van der Waals surface area contributed by atoms with E-state index in [4.69, 9.17) is 5.73 Å². The number of hydrogen-bond donors (Lipinski definition) is 2. The number of halogens is 1. The second kappa shape index (κ2) is 6.17. The molecule has 1 saturated heterocycles. The minimum atomic E-state index is -3.77. The summed E-state index contributed by atoms with van der Waals surface area (Å²) < 4.78 is 40.2. The van der Waals surface area contributed by atoms with Crippen LogP contribution in [0.15, 0.2) is 23.1 Å². The number of nitrogens with two attached hydrogens (primary N) is 1. The molecular weight excluding hydrogens is 283 g/mol. The first-order valence-electron chi connectivity index (χ1n) is 6.59. The van der Waals surface area contributed by atoms with Crippen LogP contribution in [0.4, 0.5) is 4.39 Å². The molecule has 0 aliphatic carbocycles. The Labute approximate surface area is 118 Å². The van der Waals surface area contributed by atoms with Crippen molar-refractivity contribution in [3.63, 3.8) is 0 Å². The summed E-state index contributed by atoms with van der Waals surface area (Å²) in [6.07, 6.45) is 1.49. The van der Waals surface area contributed by atoms with E-state index in [2.05, 4.69) is 0 Å². The molecule has 112 valence electrons. The second-order valence-electron chi connectivity index (χ2n) is 4.97. The van der Waals surface area contributed by atoms with Crippen LogP contribution in [-0.4, -0.2) is 37.5 Å². The molecule has 1 atom stereocenters. The molecular formula is C13H19FN2O3S. The minimum Gasteiger partial charge on any atom is -0.396 e. The Hall–Kier alpha value is -1.02. The Morgan fingerprint density at radius 3 is 2.85 bits per heavy atom. The molecule has 0 bridgehead atoms. The lowest BCUT2D eigenvalue weighted by Crippen LogP contribution is -2.41. The number of aliphatic hydroxyl groups is 1. The fourth-order valence-electron chi connectivity index (χ4n) is 2.51. The molecule has 1 aromatic rings. The molecule has 0 radical (unpaired) electrons. The first-order chi connectivity index (χ1) is 9.50. The Morgan fingerprint density at radius 2 is 2.20 bits per heavy atom. The molecule has 1 unspecified atom stereocenters. The van der Waals surface area contributed by atoms with E-state index >= 15 is 0 Å². The lowest BCUT2D eigenvalue weighted by atomic mass is 10.0. The summed E-state index contributed by atoms with van der Waals surface area (Å²) in [5.74, 6) is -0.669. The van der Waals surface area contributed by atoms with Crippen LogP contribution >= 0.6 is 0 Å². The average Bonchev–Trinajstić information content (AvgIpc) is 2.47. The van der Waals surface area contributed by atoms with Gasteiger partial charge in [-0.25, -0.2) is 12.8 Å². The fourth-order valence-corrected chi connectivity index (χ4v) is 4.31. The lowest BCUT2D eigenvalue weighted by molar-refractivity contribution is 0.165. The molecule has 3 N–H and O–H groups in total. The topological polar surface area (TPSA) is 83.6 Å². The van der Waals surface area contributed by atoms with Gasteiger partial charge in [0, 0.05) is 31.8 Å². The van der Waals surface area contributed by atoms with Crippen LogP contribution < -0.4 is 5.73 Å². The Balaban J connectivity index is 2.38. The SMILES string of the molecule is NCc1c(F)cccc1S(=O)(=O)N1CCCC(CO)C1. The monoisotopic (exact) mass is 302 g/mol. The molecule has 1 aromatic carbocycles. The van der Waals surface area contributed by atoms with Gasteiger partial charge >= 0.3 is 0 Å². The third-order valence-corrected chi connectivity index (χ3v) is 5.59. The zero-order valence-corrected chi connectivity index (χ0v) is 11.9. The normalized spacial score (nSPS) is 21.1. The van der Waals surface area contributed by atoms with Crippen LogP contribution in [0.2, 0.25) is 0 Å². The summed E-state index contributed by atoms with van der Waals surface area (Å²) in [4.78, 5) is -0.0708. The molecule has 0 spiro atoms. The summed E-state index contributed by atoms with van der Waals surface area (Å²) in [6.45, 7) is 0.441. The zero-order chi connectivity index (χ0) is 14.8. The van der Waals surface area contributed by atoms with E-state index in [1.54, 1.807) is 0 Å². The highest BCUT2D eigenvalue weighted by molar-refractivity contribution is 7.89. The predicted octanol–water partition coefficient (Wildman–Crippen LogP) is 0.677. The van der Waals surface area contributed by atoms with Crippen molar-refractivity contribution < 1.29 is 17.9 Å². The van der Waals surface area contributed by atoms with E-state index in [0.29, 0.717) is 13.0 Å². The van der Waals surface area contributed by atoms with Crippen molar-refractivity contribution in [1.82, 2.24) is 4.31 Å². The zero-order valence-electron chi connectivity index (χ0n) is 11.1. The van der Waals surface area contributed by atoms with Crippen molar-refractivity contribution in [2.24, 2.45) is 11.7 Å². The van der Waals surface area contributed by atoms with E-state index < -0.39 is 15.8 Å². The molecule has 1 aliphatic heterocycles. The lowest BCUT2D eigenvalue weighted by Gasteiger charge is -2.31. The van der Waals surface area contributed by atoms with Gasteiger partial charge in [-0.3, -0.25) is 0 Å². The van der Waals surface area contributed by atoms with Crippen molar-refractivity contribution in [3.05, 3.63) is 29.6 Å². The van der Waals surface area contributed by atoms with E-state index in [9.17, 15) is 17.9 Å². The molecule has 2 rings (SSSR count). The van der Waals surface area contributed by atoms with Crippen LogP contribution in [0.1, 0.15) is 18.4 Å². The first-order valence-corrected chi connectivity index (χ1v) is 8.03. The molecule has 1 fully saturated rings. The van der Waals surface area contributed by atoms with Crippen LogP contribution in [0.5, 0.6) is 0 Å². The molecule has 0 amide bonds. The number of nitrogens with zero attached hydrogens (tertiary/aromatic N) is 1. The summed E-state index contributed by atoms with van der Waals surface area (Å²) in [6, 6.07) is 3.95. The van der Waals surface area contributed by atoms with Gasteiger partial charge in [-0.1, -0.05) is 6.07 Å². The Kier molecular flexibility index (Phi) is 4.74. The fraction of sp³-hybridized carbons (Fsp3) is 0.538. The van der Waals surface area contributed by atoms with Crippen molar-refractivity contribution in [2.45, 2.75) is 24.3 Å². The van der Waals surface area contributed by atoms with Gasteiger partial charge in [0.1, 0.15) is 5.82 Å². The van der Waals surface area contributed by atoms with Crippen molar-refractivity contribution in [3.8, 4) is 0 Å². The maximum absolute atomic E-state index is 13.7. The van der Waals surface area contributed by atoms with Crippen molar-refractivity contribution in [1.29, 1.82) is 0 Å². The summed E-state index contributed by atoms with van der Waals surface area (Å²) in [7, 11) is -3.77. The van der Waals surface area contributed by atoms with Crippen molar-refractivity contribution >= 4 is 10.0 Å². The highest BCUT2D eigenvalue weighted by Gasteiger charge is 2.31. The number of hydrogen-bond acceptors (Lipinski definition) is 4. The smallest absolute Gasteiger partial charge is 0.243 e. The molecule has 20 heavy (non-hydrogen) atoms. The van der Waals surface area contributed by atoms with Gasteiger partial charge in [-0.2, -0.15) is 4.31 Å². The van der Waals surface area contributed by atoms with E-state index in [1.165, 1.54) is 22.5 Å². The number of benzene rings is 1. The Morgan fingerprint density at radius 1 is 1.45 bits per heavy atom. The van der Waals surface area contributed by atoms with E-state index in [0.717, 1.165) is 6.42 Å². The van der Waals surface area contributed by atoms with Crippen LogP contribution in [0.25, 0.3) is 0 Å². The first kappa shape index (κ1) is 15.4. The Bertz CT molecular complexity index is 577. The van der Waals surface area contributed by atoms with Gasteiger partial charge in [-0.05, 0) is 30.9 Å². The molecule has 7 heteroatoms. The molecule has 1 aliphatic rings. The van der Waals surface area contributed by atoms with Gasteiger partial charge in [0.05, 0.1) is 4.90 Å². The largest absolute Gasteiger partial charge is 0.396 e. The molecule has 0 aromatic heterocycles. The van der Waals surface area contributed by atoms with Crippen LogP contribution in [-0.2, 0) is 16.6 Å². The molecule has 5 nitrogen and oxygen atoms in total. The number of piperidine rings is 1. The second-order valence-corrected chi connectivity index (χ2v) is 6.88. The average molecular weight is 302 g/mol. The third kappa shape index (κ3) is 2.85. The minimum absolute atomic E-state index is 0.0126. The molecule has 1 heterocycles. The maximum atomic E-state index is 13.7. The molecule has 0 saturated carbocycles. The maximum Gasteiger partial charge on any atom is 0.243 e. The third-order valence-electron chi connectivity index (χ3n) is 3.64. The summed E-state index contributed by atoms with van der Waals surface area (Å²) >= 11 is 0. The van der Waals surface area contributed by atoms with Gasteiger partial charge in [-0.15, -0.1) is 0 Å². The van der Waals surface area contributed by atoms with Crippen LogP contribution in [0.3, 0.4) is 0 Å². The van der Waals surface area contributed by atoms with E-state index in [-0.39, 0.29) is 36.1 Å². The summed E-state index contributed by atoms with van der Waals surface area (Å²) in [5.41, 5.74) is 5.48. The quantitative estimate of drug-likeness (QED) is 0.856. The number of sulfonamides is 1. The van der Waals surface area contributed by atoms with Gasteiger partial charge < -0.3 is 10.8 Å². The van der Waals surface area contributed by atoms with Gasteiger partial charge in [0.2, 0.25) is 10.0 Å². The predicted molar refractivity (Wildman–Crippen MR) is 72.9 cm³/mol. The van der Waals surface area contributed by atoms with Crippen LogP contribution in [0, 0.1) is 11.7 Å². The number of rotatable bonds is 4. The standard InChI is InChI=1S/C13H19FN2O3S/c14-12-4-1-5-13(11(12)7-15)20(18,19)16-6-2-3-10(8-16)9-17/h1,4-5,10,17H,2-3,6-9,15H2. The van der Waals surface area contributed by atoms with Gasteiger partial charge in [0.15, 0.2) is 0 Å².